The minimum absolute atomic E-state index is 0.0354. The molecular weight excluding hydrogens is 244 g/mol. The van der Waals surface area contributed by atoms with Crippen molar-refractivity contribution in [1.82, 2.24) is 15.0 Å². The van der Waals surface area contributed by atoms with E-state index in [0.717, 1.165) is 5.69 Å². The van der Waals surface area contributed by atoms with Crippen LogP contribution in [0.1, 0.15) is 21.6 Å². The number of aryl methyl sites for hydroxylation is 2. The Labute approximate surface area is 111 Å². The zero-order chi connectivity index (χ0) is 13.8. The zero-order valence-corrected chi connectivity index (χ0v) is 10.9. The van der Waals surface area contributed by atoms with Gasteiger partial charge in [-0.2, -0.15) is 0 Å². The van der Waals surface area contributed by atoms with Crippen LogP contribution in [0.2, 0.25) is 0 Å². The van der Waals surface area contributed by atoms with E-state index in [9.17, 15) is 4.79 Å². The maximum Gasteiger partial charge on any atom is 0.358 e. The molecule has 2 aromatic rings. The van der Waals surface area contributed by atoms with E-state index < -0.39 is 5.97 Å². The molecule has 0 unspecified atom stereocenters. The number of aromatic nitrogens is 3. The second-order valence-electron chi connectivity index (χ2n) is 4.42. The van der Waals surface area contributed by atoms with Crippen LogP contribution in [0.3, 0.4) is 0 Å². The van der Waals surface area contributed by atoms with Crippen LogP contribution in [0.15, 0.2) is 24.4 Å². The van der Waals surface area contributed by atoms with Crippen LogP contribution in [0.25, 0.3) is 0 Å². The minimum atomic E-state index is -1.06. The Morgan fingerprint density at radius 3 is 2.89 bits per heavy atom. The largest absolute Gasteiger partial charge is 0.476 e. The molecule has 0 bridgehead atoms. The van der Waals surface area contributed by atoms with Crippen molar-refractivity contribution >= 4 is 11.7 Å². The van der Waals surface area contributed by atoms with Gasteiger partial charge in [0.1, 0.15) is 0 Å². The third kappa shape index (κ3) is 3.31. The summed E-state index contributed by atoms with van der Waals surface area (Å²) in [4.78, 5) is 10.7. The maximum atomic E-state index is 10.7. The van der Waals surface area contributed by atoms with E-state index in [1.165, 1.54) is 22.0 Å². The van der Waals surface area contributed by atoms with Gasteiger partial charge in [-0.15, -0.1) is 5.10 Å². The SMILES string of the molecule is Cc1ccc(C)c(NCCn2cc(C(=O)O)nn2)c1. The Balaban J connectivity index is 1.92. The average molecular weight is 260 g/mol. The van der Waals surface area contributed by atoms with Gasteiger partial charge in [0, 0.05) is 12.2 Å². The van der Waals surface area contributed by atoms with Crippen molar-refractivity contribution in [2.75, 3.05) is 11.9 Å². The van der Waals surface area contributed by atoms with E-state index in [1.807, 2.05) is 13.8 Å². The number of benzene rings is 1. The standard InChI is InChI=1S/C13H16N4O2/c1-9-3-4-10(2)11(7-9)14-5-6-17-8-12(13(18)19)15-16-17/h3-4,7-8,14H,5-6H2,1-2H3,(H,18,19). The van der Waals surface area contributed by atoms with Crippen molar-refractivity contribution in [3.05, 3.63) is 41.2 Å². The molecule has 6 heteroatoms. The Morgan fingerprint density at radius 1 is 1.42 bits per heavy atom. The summed E-state index contributed by atoms with van der Waals surface area (Å²) in [6.45, 7) is 5.31. The Bertz CT molecular complexity index is 592. The molecule has 0 radical (unpaired) electrons. The molecule has 100 valence electrons. The molecular formula is C13H16N4O2. The first-order chi connectivity index (χ1) is 9.06. The molecule has 0 aliphatic rings. The van der Waals surface area contributed by atoms with Gasteiger partial charge in [0.2, 0.25) is 0 Å². The number of carboxylic acids is 1. The molecule has 1 aromatic heterocycles. The summed E-state index contributed by atoms with van der Waals surface area (Å²) in [5.74, 6) is -1.06. The smallest absolute Gasteiger partial charge is 0.358 e. The van der Waals surface area contributed by atoms with Crippen LogP contribution in [0.5, 0.6) is 0 Å². The van der Waals surface area contributed by atoms with Crippen LogP contribution < -0.4 is 5.32 Å². The molecule has 2 N–H and O–H groups in total. The van der Waals surface area contributed by atoms with Crippen molar-refractivity contribution < 1.29 is 9.90 Å². The van der Waals surface area contributed by atoms with E-state index in [4.69, 9.17) is 5.11 Å². The van der Waals surface area contributed by atoms with Gasteiger partial charge in [0.25, 0.3) is 0 Å². The van der Waals surface area contributed by atoms with E-state index in [2.05, 4.69) is 33.8 Å². The summed E-state index contributed by atoms with van der Waals surface area (Å²) in [6, 6.07) is 6.21. The molecule has 0 aliphatic carbocycles. The molecule has 1 heterocycles. The van der Waals surface area contributed by atoms with E-state index >= 15 is 0 Å². The fraction of sp³-hybridized carbons (Fsp3) is 0.308. The molecule has 0 atom stereocenters. The summed E-state index contributed by atoms with van der Waals surface area (Å²) in [7, 11) is 0. The number of hydrogen-bond donors (Lipinski definition) is 2. The number of nitrogens with zero attached hydrogens (tertiary/aromatic N) is 3. The molecule has 19 heavy (non-hydrogen) atoms. The highest BCUT2D eigenvalue weighted by molar-refractivity contribution is 5.84. The lowest BCUT2D eigenvalue weighted by molar-refractivity contribution is 0.0690. The topological polar surface area (TPSA) is 80.0 Å². The molecule has 0 amide bonds. The van der Waals surface area contributed by atoms with E-state index in [0.29, 0.717) is 13.1 Å². The third-order valence-electron chi connectivity index (χ3n) is 2.81. The minimum Gasteiger partial charge on any atom is -0.476 e. The summed E-state index contributed by atoms with van der Waals surface area (Å²) < 4.78 is 1.52. The van der Waals surface area contributed by atoms with Crippen molar-refractivity contribution in [1.29, 1.82) is 0 Å². The average Bonchev–Trinajstić information content (AvgIpc) is 2.82. The first kappa shape index (κ1) is 13.1. The Hall–Kier alpha value is -2.37. The van der Waals surface area contributed by atoms with E-state index in [-0.39, 0.29) is 5.69 Å². The number of nitrogens with one attached hydrogen (secondary N) is 1. The first-order valence-electron chi connectivity index (χ1n) is 6.01. The van der Waals surface area contributed by atoms with Gasteiger partial charge < -0.3 is 10.4 Å². The van der Waals surface area contributed by atoms with Crippen molar-refractivity contribution in [3.63, 3.8) is 0 Å². The predicted molar refractivity (Wildman–Crippen MR) is 71.4 cm³/mol. The highest BCUT2D eigenvalue weighted by atomic mass is 16.4. The van der Waals surface area contributed by atoms with Crippen LogP contribution in [-0.4, -0.2) is 32.6 Å². The number of carbonyl (C=O) groups is 1. The van der Waals surface area contributed by atoms with Crippen molar-refractivity contribution in [2.45, 2.75) is 20.4 Å². The number of carboxylic acid groups (broad SMARTS) is 1. The molecule has 6 nitrogen and oxygen atoms in total. The normalized spacial score (nSPS) is 10.4. The molecule has 0 saturated carbocycles. The van der Waals surface area contributed by atoms with Gasteiger partial charge in [0.05, 0.1) is 12.7 Å². The Kier molecular flexibility index (Phi) is 3.79. The summed E-state index contributed by atoms with van der Waals surface area (Å²) >= 11 is 0. The Morgan fingerprint density at radius 2 is 2.21 bits per heavy atom. The van der Waals surface area contributed by atoms with Crippen LogP contribution in [0, 0.1) is 13.8 Å². The lowest BCUT2D eigenvalue weighted by Gasteiger charge is -2.10. The van der Waals surface area contributed by atoms with Gasteiger partial charge in [-0.25, -0.2) is 9.48 Å². The molecule has 0 saturated heterocycles. The second-order valence-corrected chi connectivity index (χ2v) is 4.42. The predicted octanol–water partition coefficient (Wildman–Crippen LogP) is 1.71. The van der Waals surface area contributed by atoms with Crippen LogP contribution >= 0.6 is 0 Å². The quantitative estimate of drug-likeness (QED) is 0.855. The van der Waals surface area contributed by atoms with Gasteiger partial charge in [-0.1, -0.05) is 17.3 Å². The first-order valence-corrected chi connectivity index (χ1v) is 6.01. The lowest BCUT2D eigenvalue weighted by Crippen LogP contribution is -2.11. The monoisotopic (exact) mass is 260 g/mol. The van der Waals surface area contributed by atoms with Gasteiger partial charge in [-0.05, 0) is 31.0 Å². The number of aromatic carboxylic acids is 1. The highest BCUT2D eigenvalue weighted by Gasteiger charge is 2.07. The molecule has 0 aliphatic heterocycles. The number of rotatable bonds is 5. The second kappa shape index (κ2) is 5.51. The molecule has 2 rings (SSSR count). The highest BCUT2D eigenvalue weighted by Crippen LogP contribution is 2.15. The number of anilines is 1. The maximum absolute atomic E-state index is 10.7. The zero-order valence-electron chi connectivity index (χ0n) is 10.9. The van der Waals surface area contributed by atoms with Gasteiger partial charge in [-0.3, -0.25) is 0 Å². The summed E-state index contributed by atoms with van der Waals surface area (Å²) in [5, 5.41) is 19.4. The van der Waals surface area contributed by atoms with Gasteiger partial charge >= 0.3 is 5.97 Å². The fourth-order valence-electron chi connectivity index (χ4n) is 1.74. The molecule has 0 spiro atoms. The van der Waals surface area contributed by atoms with Crippen molar-refractivity contribution in [3.8, 4) is 0 Å². The van der Waals surface area contributed by atoms with Crippen LogP contribution in [0.4, 0.5) is 5.69 Å². The molecule has 1 aromatic carbocycles. The van der Waals surface area contributed by atoms with Gasteiger partial charge in [0.15, 0.2) is 5.69 Å². The fourth-order valence-corrected chi connectivity index (χ4v) is 1.74. The summed E-state index contributed by atoms with van der Waals surface area (Å²) in [5.41, 5.74) is 3.42. The van der Waals surface area contributed by atoms with E-state index in [1.54, 1.807) is 0 Å². The molecule has 0 fully saturated rings. The lowest BCUT2D eigenvalue weighted by atomic mass is 10.1. The van der Waals surface area contributed by atoms with Crippen molar-refractivity contribution in [2.24, 2.45) is 0 Å². The van der Waals surface area contributed by atoms with Crippen LogP contribution in [-0.2, 0) is 6.54 Å². The third-order valence-corrected chi connectivity index (χ3v) is 2.81. The number of hydrogen-bond acceptors (Lipinski definition) is 4. The summed E-state index contributed by atoms with van der Waals surface area (Å²) in [6.07, 6.45) is 1.42.